The highest BCUT2D eigenvalue weighted by molar-refractivity contribution is 5.97. The molecule has 3 rings (SSSR count). The Kier molecular flexibility index (Phi) is 4.29. The van der Waals surface area contributed by atoms with Crippen LogP contribution in [-0.2, 0) is 0 Å². The number of fused-ring (bicyclic) bond motifs is 1. The van der Waals surface area contributed by atoms with Crippen LogP contribution in [0.15, 0.2) is 58.0 Å². The largest absolute Gasteiger partial charge is 0.493 e. The van der Waals surface area contributed by atoms with E-state index in [-0.39, 0.29) is 11.6 Å². The predicted molar refractivity (Wildman–Crippen MR) is 89.2 cm³/mol. The van der Waals surface area contributed by atoms with Crippen LogP contribution in [0, 0.1) is 0 Å². The lowest BCUT2D eigenvalue weighted by Crippen LogP contribution is -2.30. The lowest BCUT2D eigenvalue weighted by molar-refractivity contribution is 0.0936. The van der Waals surface area contributed by atoms with Crippen molar-refractivity contribution in [3.05, 3.63) is 70.3 Å². The Labute approximate surface area is 138 Å². The van der Waals surface area contributed by atoms with Crippen LogP contribution in [0.2, 0.25) is 0 Å². The maximum Gasteiger partial charge on any atom is 0.349 e. The molecule has 0 bridgehead atoms. The Morgan fingerprint density at radius 1 is 1.25 bits per heavy atom. The highest BCUT2D eigenvalue weighted by Crippen LogP contribution is 2.24. The Morgan fingerprint density at radius 3 is 2.71 bits per heavy atom. The summed E-state index contributed by atoms with van der Waals surface area (Å²) in [6.07, 6.45) is 3.29. The number of benzene rings is 1. The quantitative estimate of drug-likeness (QED) is 0.746. The van der Waals surface area contributed by atoms with Crippen LogP contribution >= 0.6 is 0 Å². The van der Waals surface area contributed by atoms with Crippen LogP contribution < -0.4 is 15.7 Å². The molecule has 122 valence electrons. The van der Waals surface area contributed by atoms with Crippen molar-refractivity contribution >= 4 is 16.9 Å². The molecule has 2 aromatic heterocycles. The second-order valence-electron chi connectivity index (χ2n) is 5.30. The van der Waals surface area contributed by atoms with Crippen molar-refractivity contribution in [1.82, 2.24) is 10.3 Å². The molecule has 0 aliphatic heterocycles. The van der Waals surface area contributed by atoms with Crippen molar-refractivity contribution in [3.63, 3.8) is 0 Å². The van der Waals surface area contributed by atoms with E-state index < -0.39 is 11.5 Å². The molecule has 1 unspecified atom stereocenters. The Morgan fingerprint density at radius 2 is 2.00 bits per heavy atom. The molecule has 1 aromatic carbocycles. The first-order valence-electron chi connectivity index (χ1n) is 7.42. The summed E-state index contributed by atoms with van der Waals surface area (Å²) in [6, 6.07) is 10.1. The number of carbonyl (C=O) groups excluding carboxylic acids is 1. The lowest BCUT2D eigenvalue weighted by Gasteiger charge is -2.13. The van der Waals surface area contributed by atoms with Gasteiger partial charge in [-0.15, -0.1) is 0 Å². The van der Waals surface area contributed by atoms with Gasteiger partial charge in [0.25, 0.3) is 5.91 Å². The van der Waals surface area contributed by atoms with Gasteiger partial charge >= 0.3 is 5.63 Å². The molecule has 1 atom stereocenters. The molecule has 2 heterocycles. The molecule has 1 N–H and O–H groups in total. The summed E-state index contributed by atoms with van der Waals surface area (Å²) >= 11 is 0. The minimum atomic E-state index is -0.702. The molecular formula is C18H16N2O4. The molecular weight excluding hydrogens is 308 g/mol. The molecule has 0 spiro atoms. The number of ether oxygens (including phenoxy) is 1. The molecule has 0 saturated heterocycles. The first kappa shape index (κ1) is 15.7. The van der Waals surface area contributed by atoms with E-state index in [1.165, 1.54) is 13.2 Å². The molecule has 3 aromatic rings. The van der Waals surface area contributed by atoms with Crippen LogP contribution in [0.5, 0.6) is 5.75 Å². The number of nitrogens with zero attached hydrogens (tertiary/aromatic N) is 1. The fraction of sp³-hybridized carbons (Fsp3) is 0.167. The van der Waals surface area contributed by atoms with Gasteiger partial charge in [-0.2, -0.15) is 0 Å². The minimum Gasteiger partial charge on any atom is -0.493 e. The summed E-state index contributed by atoms with van der Waals surface area (Å²) < 4.78 is 10.4. The average molecular weight is 324 g/mol. The molecule has 0 aliphatic carbocycles. The van der Waals surface area contributed by atoms with Crippen LogP contribution in [0.3, 0.4) is 0 Å². The van der Waals surface area contributed by atoms with E-state index >= 15 is 0 Å². The molecule has 0 saturated carbocycles. The topological polar surface area (TPSA) is 81.4 Å². The summed E-state index contributed by atoms with van der Waals surface area (Å²) in [5.41, 5.74) is 0.469. The molecule has 0 fully saturated rings. The molecule has 6 heteroatoms. The SMILES string of the molecule is COc1cccc2cc(C(=O)NC(C)c3ccncc3)c(=O)oc12. The van der Waals surface area contributed by atoms with Gasteiger partial charge in [-0.05, 0) is 36.8 Å². The maximum absolute atomic E-state index is 12.4. The number of amides is 1. The van der Waals surface area contributed by atoms with Crippen molar-refractivity contribution in [2.45, 2.75) is 13.0 Å². The molecule has 24 heavy (non-hydrogen) atoms. The van der Waals surface area contributed by atoms with Crippen LogP contribution in [-0.4, -0.2) is 18.0 Å². The van der Waals surface area contributed by atoms with Gasteiger partial charge < -0.3 is 14.5 Å². The standard InChI is InChI=1S/C18H16N2O4/c1-11(12-6-8-19-9-7-12)20-17(21)14-10-13-4-3-5-15(23-2)16(13)24-18(14)22/h3-11H,1-2H3,(H,20,21). The van der Waals surface area contributed by atoms with Crippen molar-refractivity contribution in [1.29, 1.82) is 0 Å². The normalized spacial score (nSPS) is 11.9. The number of para-hydroxylation sites is 1. The number of rotatable bonds is 4. The minimum absolute atomic E-state index is 0.0448. The first-order valence-corrected chi connectivity index (χ1v) is 7.42. The molecule has 1 amide bonds. The zero-order chi connectivity index (χ0) is 17.1. The summed E-state index contributed by atoms with van der Waals surface area (Å²) in [5, 5.41) is 3.41. The highest BCUT2D eigenvalue weighted by Gasteiger charge is 2.17. The van der Waals surface area contributed by atoms with Crippen LogP contribution in [0.1, 0.15) is 28.9 Å². The predicted octanol–water partition coefficient (Wildman–Crippen LogP) is 2.69. The third-order valence-electron chi connectivity index (χ3n) is 3.74. The molecule has 0 aliphatic rings. The third kappa shape index (κ3) is 2.99. The number of aromatic nitrogens is 1. The summed E-state index contributed by atoms with van der Waals surface area (Å²) in [5.74, 6) is -0.0421. The summed E-state index contributed by atoms with van der Waals surface area (Å²) in [4.78, 5) is 28.5. The maximum atomic E-state index is 12.4. The van der Waals surface area contributed by atoms with Crippen molar-refractivity contribution in [3.8, 4) is 5.75 Å². The fourth-order valence-electron chi connectivity index (χ4n) is 2.45. The van der Waals surface area contributed by atoms with Gasteiger partial charge in [0.2, 0.25) is 0 Å². The Bertz CT molecular complexity index is 935. The smallest absolute Gasteiger partial charge is 0.349 e. The van der Waals surface area contributed by atoms with Crippen molar-refractivity contribution in [2.24, 2.45) is 0 Å². The number of nitrogens with one attached hydrogen (secondary N) is 1. The second-order valence-corrected chi connectivity index (χ2v) is 5.30. The zero-order valence-electron chi connectivity index (χ0n) is 13.3. The number of hydrogen-bond acceptors (Lipinski definition) is 5. The first-order chi connectivity index (χ1) is 11.6. The lowest BCUT2D eigenvalue weighted by atomic mass is 10.1. The zero-order valence-corrected chi connectivity index (χ0v) is 13.3. The van der Waals surface area contributed by atoms with Gasteiger partial charge in [-0.25, -0.2) is 4.79 Å². The van der Waals surface area contributed by atoms with Gasteiger partial charge in [-0.3, -0.25) is 9.78 Å². The van der Waals surface area contributed by atoms with Crippen molar-refractivity contribution in [2.75, 3.05) is 7.11 Å². The van der Waals surface area contributed by atoms with Gasteiger partial charge in [0.15, 0.2) is 11.3 Å². The Balaban J connectivity index is 1.93. The highest BCUT2D eigenvalue weighted by atomic mass is 16.5. The third-order valence-corrected chi connectivity index (χ3v) is 3.74. The van der Waals surface area contributed by atoms with E-state index in [9.17, 15) is 9.59 Å². The van der Waals surface area contributed by atoms with E-state index in [1.54, 1.807) is 42.7 Å². The van der Waals surface area contributed by atoms with E-state index in [1.807, 2.05) is 6.92 Å². The van der Waals surface area contributed by atoms with Crippen LogP contribution in [0.4, 0.5) is 0 Å². The van der Waals surface area contributed by atoms with E-state index in [0.29, 0.717) is 16.7 Å². The number of methoxy groups -OCH3 is 1. The monoisotopic (exact) mass is 324 g/mol. The average Bonchev–Trinajstić information content (AvgIpc) is 2.61. The molecule has 0 radical (unpaired) electrons. The fourth-order valence-corrected chi connectivity index (χ4v) is 2.45. The Hall–Kier alpha value is -3.15. The summed E-state index contributed by atoms with van der Waals surface area (Å²) in [6.45, 7) is 1.83. The second kappa shape index (κ2) is 6.54. The van der Waals surface area contributed by atoms with Gasteiger partial charge in [-0.1, -0.05) is 12.1 Å². The van der Waals surface area contributed by atoms with E-state index in [4.69, 9.17) is 9.15 Å². The number of hydrogen-bond donors (Lipinski definition) is 1. The van der Waals surface area contributed by atoms with E-state index in [2.05, 4.69) is 10.3 Å². The summed E-state index contributed by atoms with van der Waals surface area (Å²) in [7, 11) is 1.49. The van der Waals surface area contributed by atoms with Gasteiger partial charge in [0.05, 0.1) is 13.2 Å². The number of carbonyl (C=O) groups is 1. The van der Waals surface area contributed by atoms with E-state index in [0.717, 1.165) is 5.56 Å². The number of pyridine rings is 1. The van der Waals surface area contributed by atoms with Crippen LogP contribution in [0.25, 0.3) is 11.0 Å². The molecule has 6 nitrogen and oxygen atoms in total. The van der Waals surface area contributed by atoms with Crippen molar-refractivity contribution < 1.29 is 13.9 Å². The van der Waals surface area contributed by atoms with Gasteiger partial charge in [0.1, 0.15) is 5.56 Å². The van der Waals surface area contributed by atoms with Gasteiger partial charge in [0, 0.05) is 17.8 Å².